The van der Waals surface area contributed by atoms with Crippen molar-refractivity contribution in [1.82, 2.24) is 10.2 Å². The standard InChI is InChI=1S/C4HClFN2/c5-3-1-7-8-2-4(3)6/h1H. The Labute approximate surface area is 50.3 Å². The largest absolute Gasteiger partial charge is 0.203 e. The third kappa shape index (κ3) is 0.924. The van der Waals surface area contributed by atoms with Gasteiger partial charge in [0.2, 0.25) is 0 Å². The van der Waals surface area contributed by atoms with Gasteiger partial charge in [0.1, 0.15) is 0 Å². The molecule has 0 bridgehead atoms. The summed E-state index contributed by atoms with van der Waals surface area (Å²) in [6.07, 6.45) is 3.06. The Morgan fingerprint density at radius 2 is 2.50 bits per heavy atom. The molecule has 0 N–H and O–H groups in total. The van der Waals surface area contributed by atoms with E-state index in [0.717, 1.165) is 6.20 Å². The molecule has 0 aliphatic heterocycles. The minimum absolute atomic E-state index is 0.0556. The van der Waals surface area contributed by atoms with Gasteiger partial charge in [-0.25, -0.2) is 4.39 Å². The quantitative estimate of drug-likeness (QED) is 0.526. The van der Waals surface area contributed by atoms with Crippen LogP contribution in [0.2, 0.25) is 5.02 Å². The van der Waals surface area contributed by atoms with Crippen LogP contribution in [0.1, 0.15) is 0 Å². The van der Waals surface area contributed by atoms with E-state index in [9.17, 15) is 4.39 Å². The summed E-state index contributed by atoms with van der Waals surface area (Å²) < 4.78 is 12.0. The Morgan fingerprint density at radius 1 is 1.75 bits per heavy atom. The van der Waals surface area contributed by atoms with Gasteiger partial charge in [-0.2, -0.15) is 5.10 Å². The van der Waals surface area contributed by atoms with E-state index in [-0.39, 0.29) is 5.02 Å². The van der Waals surface area contributed by atoms with Crippen LogP contribution in [-0.4, -0.2) is 10.2 Å². The molecule has 0 saturated carbocycles. The molecule has 1 aromatic rings. The minimum Gasteiger partial charge on any atom is -0.203 e. The molecule has 8 heavy (non-hydrogen) atoms. The first-order valence-electron chi connectivity index (χ1n) is 1.85. The second kappa shape index (κ2) is 2.05. The van der Waals surface area contributed by atoms with Crippen molar-refractivity contribution >= 4 is 11.6 Å². The van der Waals surface area contributed by atoms with Crippen LogP contribution in [0, 0.1) is 12.0 Å². The van der Waals surface area contributed by atoms with Crippen molar-refractivity contribution in [1.29, 1.82) is 0 Å². The van der Waals surface area contributed by atoms with Crippen LogP contribution in [0.25, 0.3) is 0 Å². The lowest BCUT2D eigenvalue weighted by Crippen LogP contribution is -1.82. The van der Waals surface area contributed by atoms with Gasteiger partial charge in [0.05, 0.1) is 11.2 Å². The molecule has 1 heterocycles. The molecule has 0 unspecified atom stereocenters. The zero-order valence-corrected chi connectivity index (χ0v) is 4.48. The molecule has 0 saturated heterocycles. The molecule has 1 aromatic heterocycles. The second-order valence-electron chi connectivity index (χ2n) is 1.12. The molecule has 0 aliphatic rings. The van der Waals surface area contributed by atoms with Gasteiger partial charge in [0.25, 0.3) is 0 Å². The number of halogens is 2. The molecule has 1 radical (unpaired) electrons. The lowest BCUT2D eigenvalue weighted by atomic mass is 10.6. The monoisotopic (exact) mass is 131 g/mol. The van der Waals surface area contributed by atoms with Gasteiger partial charge in [-0.15, -0.1) is 5.10 Å². The van der Waals surface area contributed by atoms with Crippen molar-refractivity contribution in [3.8, 4) is 0 Å². The lowest BCUT2D eigenvalue weighted by Gasteiger charge is -1.84. The Morgan fingerprint density at radius 3 is 2.88 bits per heavy atom. The van der Waals surface area contributed by atoms with Crippen LogP contribution in [0.3, 0.4) is 0 Å². The van der Waals surface area contributed by atoms with Gasteiger partial charge >= 0.3 is 0 Å². The molecule has 1 rings (SSSR count). The first kappa shape index (κ1) is 5.44. The molecule has 0 atom stereocenters. The van der Waals surface area contributed by atoms with Gasteiger partial charge in [-0.3, -0.25) is 0 Å². The maximum Gasteiger partial charge on any atom is 0.173 e. The van der Waals surface area contributed by atoms with Crippen LogP contribution in [-0.2, 0) is 0 Å². The van der Waals surface area contributed by atoms with Gasteiger partial charge in [-0.05, 0) is 0 Å². The number of rotatable bonds is 0. The smallest absolute Gasteiger partial charge is 0.173 e. The molecular weight excluding hydrogens is 131 g/mol. The van der Waals surface area contributed by atoms with Gasteiger partial charge in [-0.1, -0.05) is 11.6 Å². The van der Waals surface area contributed by atoms with Crippen molar-refractivity contribution in [2.24, 2.45) is 0 Å². The Kier molecular flexibility index (Phi) is 1.39. The van der Waals surface area contributed by atoms with E-state index in [4.69, 9.17) is 11.6 Å². The summed E-state index contributed by atoms with van der Waals surface area (Å²) in [7, 11) is 0. The number of hydrogen-bond donors (Lipinski definition) is 0. The van der Waals surface area contributed by atoms with E-state index in [2.05, 4.69) is 10.2 Å². The summed E-state index contributed by atoms with van der Waals surface area (Å²) >= 11 is 5.20. The van der Waals surface area contributed by atoms with Crippen LogP contribution in [0.4, 0.5) is 4.39 Å². The van der Waals surface area contributed by atoms with E-state index in [1.165, 1.54) is 0 Å². The molecule has 0 aliphatic carbocycles. The average molecular weight is 132 g/mol. The fourth-order valence-electron chi connectivity index (χ4n) is 0.262. The molecule has 4 heteroatoms. The minimum atomic E-state index is -0.665. The maximum absolute atomic E-state index is 12.0. The summed E-state index contributed by atoms with van der Waals surface area (Å²) in [4.78, 5) is 0. The normalized spacial score (nSPS) is 9.25. The SMILES string of the molecule is Fc1[c]nncc1Cl. The summed E-state index contributed by atoms with van der Waals surface area (Å²) in [5, 5.41) is 6.32. The number of aromatic nitrogens is 2. The summed E-state index contributed by atoms with van der Waals surface area (Å²) in [5.74, 6) is -0.665. The van der Waals surface area contributed by atoms with Gasteiger partial charge < -0.3 is 0 Å². The Bertz CT molecular complexity index is 170. The summed E-state index contributed by atoms with van der Waals surface area (Å²) in [6, 6.07) is 0. The van der Waals surface area contributed by atoms with Crippen LogP contribution in [0.15, 0.2) is 6.20 Å². The fourth-order valence-corrected chi connectivity index (χ4v) is 0.348. The van der Waals surface area contributed by atoms with E-state index < -0.39 is 5.82 Å². The zero-order valence-electron chi connectivity index (χ0n) is 3.73. The second-order valence-corrected chi connectivity index (χ2v) is 1.53. The maximum atomic E-state index is 12.0. The zero-order chi connectivity index (χ0) is 5.98. The first-order valence-corrected chi connectivity index (χ1v) is 2.23. The van der Waals surface area contributed by atoms with Crippen molar-refractivity contribution in [3.05, 3.63) is 23.2 Å². The van der Waals surface area contributed by atoms with E-state index in [0.29, 0.717) is 0 Å². The number of nitrogens with zero attached hydrogens (tertiary/aromatic N) is 2. The fraction of sp³-hybridized carbons (Fsp3) is 0. The highest BCUT2D eigenvalue weighted by molar-refractivity contribution is 6.30. The van der Waals surface area contributed by atoms with Crippen molar-refractivity contribution < 1.29 is 4.39 Å². The van der Waals surface area contributed by atoms with Crippen LogP contribution in [0.5, 0.6) is 0 Å². The van der Waals surface area contributed by atoms with Crippen molar-refractivity contribution in [2.45, 2.75) is 0 Å². The molecular formula is C4HClFN2. The third-order valence-corrected chi connectivity index (χ3v) is 0.850. The predicted molar refractivity (Wildman–Crippen MR) is 25.8 cm³/mol. The van der Waals surface area contributed by atoms with Crippen LogP contribution < -0.4 is 0 Å². The predicted octanol–water partition coefficient (Wildman–Crippen LogP) is 1.07. The van der Waals surface area contributed by atoms with Crippen LogP contribution >= 0.6 is 11.6 Å². The van der Waals surface area contributed by atoms with E-state index in [1.54, 1.807) is 0 Å². The topological polar surface area (TPSA) is 25.8 Å². The van der Waals surface area contributed by atoms with Crippen molar-refractivity contribution in [2.75, 3.05) is 0 Å². The first-order chi connectivity index (χ1) is 3.80. The Balaban J connectivity index is 3.13. The third-order valence-electron chi connectivity index (χ3n) is 0.587. The molecule has 0 spiro atoms. The van der Waals surface area contributed by atoms with Gasteiger partial charge in [0, 0.05) is 0 Å². The highest BCUT2D eigenvalue weighted by atomic mass is 35.5. The van der Waals surface area contributed by atoms with Crippen molar-refractivity contribution in [3.63, 3.8) is 0 Å². The molecule has 0 fully saturated rings. The molecule has 0 aromatic carbocycles. The summed E-state index contributed by atoms with van der Waals surface area (Å²) in [6.45, 7) is 0. The van der Waals surface area contributed by atoms with E-state index in [1.807, 2.05) is 6.20 Å². The molecule has 0 amide bonds. The highest BCUT2D eigenvalue weighted by Crippen LogP contribution is 2.07. The molecule has 2 nitrogen and oxygen atoms in total. The average Bonchev–Trinajstić information content (AvgIpc) is 1.77. The Hall–Kier alpha value is -0.700. The summed E-state index contributed by atoms with van der Waals surface area (Å²) in [5.41, 5.74) is 0. The van der Waals surface area contributed by atoms with E-state index >= 15 is 0 Å². The lowest BCUT2D eigenvalue weighted by molar-refractivity contribution is 0.612. The molecule has 41 valence electrons. The van der Waals surface area contributed by atoms with Gasteiger partial charge in [0.15, 0.2) is 12.0 Å². The number of hydrogen-bond acceptors (Lipinski definition) is 2. The highest BCUT2D eigenvalue weighted by Gasteiger charge is 1.95.